The molecule has 3 aromatic rings. The fraction of sp³-hybridized carbons (Fsp3) is 0.235. The van der Waals surface area contributed by atoms with Crippen LogP contribution >= 0.6 is 11.8 Å². The first-order valence-electron chi connectivity index (χ1n) is 7.45. The number of carbonyl (C=O) groups excluding carboxylic acids is 1. The molecule has 0 unspecified atom stereocenters. The largest absolute Gasteiger partial charge is 0.459 e. The lowest BCUT2D eigenvalue weighted by molar-refractivity contribution is -0.115. The third kappa shape index (κ3) is 3.68. The van der Waals surface area contributed by atoms with Crippen molar-refractivity contribution in [3.05, 3.63) is 47.7 Å². The molecule has 7 heteroatoms. The van der Waals surface area contributed by atoms with Crippen LogP contribution in [0.4, 0.5) is 5.69 Å². The Labute approximate surface area is 143 Å². The van der Waals surface area contributed by atoms with E-state index in [4.69, 9.17) is 8.83 Å². The van der Waals surface area contributed by atoms with Gasteiger partial charge in [0.2, 0.25) is 5.91 Å². The third-order valence-corrected chi connectivity index (χ3v) is 4.37. The molecular formula is C17H17N3O3S. The van der Waals surface area contributed by atoms with E-state index >= 15 is 0 Å². The predicted molar refractivity (Wildman–Crippen MR) is 91.9 cm³/mol. The number of nitrogens with one attached hydrogen (secondary N) is 1. The number of amides is 1. The van der Waals surface area contributed by atoms with Crippen molar-refractivity contribution in [3.63, 3.8) is 0 Å². The van der Waals surface area contributed by atoms with E-state index in [1.807, 2.05) is 32.0 Å². The molecule has 0 aliphatic heterocycles. The van der Waals surface area contributed by atoms with Crippen molar-refractivity contribution in [1.82, 2.24) is 10.2 Å². The number of hydrogen-bond acceptors (Lipinski definition) is 6. The van der Waals surface area contributed by atoms with Crippen LogP contribution in [0.15, 0.2) is 50.7 Å². The highest BCUT2D eigenvalue weighted by molar-refractivity contribution is 8.00. The fourth-order valence-corrected chi connectivity index (χ4v) is 2.75. The lowest BCUT2D eigenvalue weighted by atomic mass is 10.1. The summed E-state index contributed by atoms with van der Waals surface area (Å²) < 4.78 is 10.7. The van der Waals surface area contributed by atoms with Crippen LogP contribution in [0, 0.1) is 13.8 Å². The molecular weight excluding hydrogens is 326 g/mol. The van der Waals surface area contributed by atoms with E-state index in [1.54, 1.807) is 19.1 Å². The Hall–Kier alpha value is -2.54. The van der Waals surface area contributed by atoms with Crippen LogP contribution in [-0.4, -0.2) is 21.4 Å². The zero-order chi connectivity index (χ0) is 17.1. The van der Waals surface area contributed by atoms with E-state index in [0.717, 1.165) is 16.8 Å². The number of thioether (sulfide) groups is 1. The number of carbonyl (C=O) groups is 1. The number of aromatic nitrogens is 2. The molecule has 0 saturated heterocycles. The molecule has 0 bridgehead atoms. The third-order valence-electron chi connectivity index (χ3n) is 3.44. The Bertz CT molecular complexity index is 843. The van der Waals surface area contributed by atoms with E-state index in [0.29, 0.717) is 16.9 Å². The molecule has 0 fully saturated rings. The maximum atomic E-state index is 12.4. The summed E-state index contributed by atoms with van der Waals surface area (Å²) >= 11 is 1.21. The molecule has 0 spiro atoms. The van der Waals surface area contributed by atoms with Gasteiger partial charge in [0.1, 0.15) is 0 Å². The fourth-order valence-electron chi connectivity index (χ4n) is 2.07. The maximum absolute atomic E-state index is 12.4. The second-order valence-electron chi connectivity index (χ2n) is 5.42. The van der Waals surface area contributed by atoms with Gasteiger partial charge in [0.05, 0.1) is 11.5 Å². The summed E-state index contributed by atoms with van der Waals surface area (Å²) in [5.74, 6) is 0.679. The van der Waals surface area contributed by atoms with Gasteiger partial charge in [0.25, 0.3) is 11.1 Å². The summed E-state index contributed by atoms with van der Waals surface area (Å²) in [7, 11) is 0. The molecule has 0 aliphatic rings. The smallest absolute Gasteiger partial charge is 0.284 e. The van der Waals surface area contributed by atoms with Crippen molar-refractivity contribution in [2.75, 3.05) is 5.32 Å². The van der Waals surface area contributed by atoms with Crippen LogP contribution in [0.2, 0.25) is 0 Å². The number of rotatable bonds is 5. The van der Waals surface area contributed by atoms with Crippen LogP contribution < -0.4 is 5.32 Å². The second kappa shape index (κ2) is 6.92. The van der Waals surface area contributed by atoms with Crippen LogP contribution in [0.1, 0.15) is 18.1 Å². The molecule has 0 saturated carbocycles. The molecule has 6 nitrogen and oxygen atoms in total. The van der Waals surface area contributed by atoms with Crippen molar-refractivity contribution < 1.29 is 13.6 Å². The minimum atomic E-state index is -0.380. The highest BCUT2D eigenvalue weighted by atomic mass is 32.2. The van der Waals surface area contributed by atoms with E-state index in [1.165, 1.54) is 18.0 Å². The van der Waals surface area contributed by atoms with E-state index in [2.05, 4.69) is 15.5 Å². The summed E-state index contributed by atoms with van der Waals surface area (Å²) in [4.78, 5) is 12.4. The summed E-state index contributed by atoms with van der Waals surface area (Å²) in [6.45, 7) is 5.74. The van der Waals surface area contributed by atoms with Crippen LogP contribution in [-0.2, 0) is 4.79 Å². The maximum Gasteiger partial charge on any atom is 0.284 e. The number of anilines is 1. The van der Waals surface area contributed by atoms with Gasteiger partial charge >= 0.3 is 0 Å². The summed E-state index contributed by atoms with van der Waals surface area (Å²) in [6.07, 6.45) is 1.53. The first-order chi connectivity index (χ1) is 11.5. The lowest BCUT2D eigenvalue weighted by Crippen LogP contribution is -2.22. The zero-order valence-electron chi connectivity index (χ0n) is 13.6. The predicted octanol–water partition coefficient (Wildman–Crippen LogP) is 4.07. The average molecular weight is 343 g/mol. The lowest BCUT2D eigenvalue weighted by Gasteiger charge is -2.12. The number of benzene rings is 1. The monoisotopic (exact) mass is 343 g/mol. The quantitative estimate of drug-likeness (QED) is 0.703. The van der Waals surface area contributed by atoms with Gasteiger partial charge in [-0.05, 0) is 50.1 Å². The number of aryl methyl sites for hydroxylation is 2. The molecule has 3 rings (SSSR count). The van der Waals surface area contributed by atoms with Crippen LogP contribution in [0.25, 0.3) is 11.7 Å². The Morgan fingerprint density at radius 2 is 2.08 bits per heavy atom. The normalized spacial score (nSPS) is 12.1. The summed E-state index contributed by atoms with van der Waals surface area (Å²) in [6, 6.07) is 9.42. The minimum Gasteiger partial charge on any atom is -0.459 e. The first kappa shape index (κ1) is 16.3. The van der Waals surface area contributed by atoms with Gasteiger partial charge < -0.3 is 14.2 Å². The van der Waals surface area contributed by atoms with Crippen molar-refractivity contribution in [2.24, 2.45) is 0 Å². The van der Waals surface area contributed by atoms with Gasteiger partial charge in [-0.15, -0.1) is 10.2 Å². The van der Waals surface area contributed by atoms with E-state index in [-0.39, 0.29) is 11.2 Å². The molecule has 1 N–H and O–H groups in total. The molecule has 124 valence electrons. The molecule has 2 heterocycles. The van der Waals surface area contributed by atoms with Crippen molar-refractivity contribution >= 4 is 23.4 Å². The van der Waals surface area contributed by atoms with Crippen molar-refractivity contribution in [3.8, 4) is 11.7 Å². The zero-order valence-corrected chi connectivity index (χ0v) is 14.4. The van der Waals surface area contributed by atoms with Gasteiger partial charge in [-0.2, -0.15) is 0 Å². The molecule has 2 aromatic heterocycles. The Balaban J connectivity index is 1.65. The van der Waals surface area contributed by atoms with Crippen molar-refractivity contribution in [2.45, 2.75) is 31.2 Å². The molecule has 0 radical (unpaired) electrons. The number of hydrogen-bond donors (Lipinski definition) is 1. The summed E-state index contributed by atoms with van der Waals surface area (Å²) in [5, 5.41) is 10.7. The van der Waals surface area contributed by atoms with Gasteiger partial charge in [-0.25, -0.2) is 0 Å². The molecule has 24 heavy (non-hydrogen) atoms. The average Bonchev–Trinajstić information content (AvgIpc) is 3.21. The van der Waals surface area contributed by atoms with Gasteiger partial charge in [-0.1, -0.05) is 23.9 Å². The second-order valence-corrected chi connectivity index (χ2v) is 6.71. The van der Waals surface area contributed by atoms with E-state index < -0.39 is 0 Å². The Kier molecular flexibility index (Phi) is 4.71. The summed E-state index contributed by atoms with van der Waals surface area (Å²) in [5.41, 5.74) is 2.93. The van der Waals surface area contributed by atoms with Crippen LogP contribution in [0.3, 0.4) is 0 Å². The highest BCUT2D eigenvalue weighted by Gasteiger charge is 2.20. The SMILES string of the molecule is Cc1ccc(C)c(NC(=O)[C@@H](C)Sc2nnc(-c3ccco3)o2)c1. The first-order valence-corrected chi connectivity index (χ1v) is 8.33. The molecule has 1 amide bonds. The van der Waals surface area contributed by atoms with Crippen molar-refractivity contribution in [1.29, 1.82) is 0 Å². The van der Waals surface area contributed by atoms with Gasteiger partial charge in [0, 0.05) is 5.69 Å². The number of nitrogens with zero attached hydrogens (tertiary/aromatic N) is 2. The standard InChI is InChI=1S/C17H17N3O3S/c1-10-6-7-11(2)13(9-10)18-15(21)12(3)24-17-20-19-16(23-17)14-5-4-8-22-14/h4-9,12H,1-3H3,(H,18,21)/t12-/m1/s1. The highest BCUT2D eigenvalue weighted by Crippen LogP contribution is 2.27. The van der Waals surface area contributed by atoms with Gasteiger partial charge in [-0.3, -0.25) is 4.79 Å². The molecule has 1 atom stereocenters. The van der Waals surface area contributed by atoms with Gasteiger partial charge in [0.15, 0.2) is 5.76 Å². The molecule has 0 aliphatic carbocycles. The van der Waals surface area contributed by atoms with Crippen LogP contribution in [0.5, 0.6) is 0 Å². The number of furan rings is 1. The molecule has 1 aromatic carbocycles. The minimum absolute atomic E-state index is 0.119. The van der Waals surface area contributed by atoms with E-state index in [9.17, 15) is 4.79 Å². The Morgan fingerprint density at radius 3 is 2.83 bits per heavy atom. The topological polar surface area (TPSA) is 81.2 Å². The Morgan fingerprint density at radius 1 is 1.25 bits per heavy atom.